The van der Waals surface area contributed by atoms with Crippen molar-refractivity contribution >= 4 is 12.1 Å². The van der Waals surface area contributed by atoms with Gasteiger partial charge in [0.25, 0.3) is 0 Å². The highest BCUT2D eigenvalue weighted by atomic mass is 16.6. The summed E-state index contributed by atoms with van der Waals surface area (Å²) in [6, 6.07) is 8.06. The van der Waals surface area contributed by atoms with E-state index in [1.54, 1.807) is 50.0 Å². The SMILES string of the molecule is CC(C)(C)OC(=O)N1CCCCN1C(C(=O)O)c1ccccc1. The Morgan fingerprint density at radius 2 is 1.74 bits per heavy atom. The third kappa shape index (κ3) is 4.45. The number of hydrogen-bond donors (Lipinski definition) is 1. The highest BCUT2D eigenvalue weighted by Gasteiger charge is 2.37. The predicted octanol–water partition coefficient (Wildman–Crippen LogP) is 3.06. The van der Waals surface area contributed by atoms with E-state index in [2.05, 4.69) is 0 Å². The molecule has 23 heavy (non-hydrogen) atoms. The number of carbonyl (C=O) groups is 2. The molecule has 1 fully saturated rings. The number of rotatable bonds is 3. The van der Waals surface area contributed by atoms with Crippen molar-refractivity contribution in [3.8, 4) is 0 Å². The lowest BCUT2D eigenvalue weighted by molar-refractivity contribution is -0.155. The zero-order valence-corrected chi connectivity index (χ0v) is 13.9. The van der Waals surface area contributed by atoms with Crippen molar-refractivity contribution in [2.75, 3.05) is 13.1 Å². The standard InChI is InChI=1S/C17H24N2O4/c1-17(2,3)23-16(22)19-12-8-7-11-18(19)14(15(20)21)13-9-5-4-6-10-13/h4-6,9-10,14H,7-8,11-12H2,1-3H3,(H,20,21). The van der Waals surface area contributed by atoms with Gasteiger partial charge in [-0.2, -0.15) is 5.01 Å². The van der Waals surface area contributed by atoms with Gasteiger partial charge in [0.15, 0.2) is 6.04 Å². The Morgan fingerprint density at radius 3 is 2.30 bits per heavy atom. The summed E-state index contributed by atoms with van der Waals surface area (Å²) < 4.78 is 5.43. The lowest BCUT2D eigenvalue weighted by Gasteiger charge is -2.42. The minimum absolute atomic E-state index is 0.464. The first-order chi connectivity index (χ1) is 10.8. The quantitative estimate of drug-likeness (QED) is 0.927. The minimum Gasteiger partial charge on any atom is -0.480 e. The van der Waals surface area contributed by atoms with Crippen molar-refractivity contribution in [2.45, 2.75) is 45.3 Å². The van der Waals surface area contributed by atoms with Crippen LogP contribution in [0.3, 0.4) is 0 Å². The predicted molar refractivity (Wildman–Crippen MR) is 85.7 cm³/mol. The van der Waals surface area contributed by atoms with Gasteiger partial charge >= 0.3 is 12.1 Å². The lowest BCUT2D eigenvalue weighted by atomic mass is 10.1. The second-order valence-electron chi connectivity index (χ2n) is 6.63. The number of benzene rings is 1. The number of hydrazine groups is 1. The number of hydrogen-bond acceptors (Lipinski definition) is 4. The fraction of sp³-hybridized carbons (Fsp3) is 0.529. The molecule has 2 rings (SSSR count). The maximum atomic E-state index is 12.5. The molecular formula is C17H24N2O4. The molecule has 1 saturated heterocycles. The van der Waals surface area contributed by atoms with E-state index in [0.29, 0.717) is 18.7 Å². The Bertz CT molecular complexity index is 553. The van der Waals surface area contributed by atoms with E-state index < -0.39 is 23.7 Å². The smallest absolute Gasteiger partial charge is 0.425 e. The molecule has 1 amide bonds. The van der Waals surface area contributed by atoms with Gasteiger partial charge < -0.3 is 9.84 Å². The summed E-state index contributed by atoms with van der Waals surface area (Å²) in [6.45, 7) is 6.36. The number of ether oxygens (including phenoxy) is 1. The van der Waals surface area contributed by atoms with Gasteiger partial charge in [0.1, 0.15) is 5.60 Å². The molecule has 0 bridgehead atoms. The zero-order valence-electron chi connectivity index (χ0n) is 13.9. The van der Waals surface area contributed by atoms with Gasteiger partial charge in [0, 0.05) is 13.1 Å². The van der Waals surface area contributed by atoms with Crippen molar-refractivity contribution in [1.82, 2.24) is 10.0 Å². The summed E-state index contributed by atoms with van der Waals surface area (Å²) >= 11 is 0. The van der Waals surface area contributed by atoms with Crippen LogP contribution in [0, 0.1) is 0 Å². The van der Waals surface area contributed by atoms with E-state index in [1.807, 2.05) is 6.07 Å². The van der Waals surface area contributed by atoms with Crippen LogP contribution in [0.2, 0.25) is 0 Å². The Kier molecular flexibility index (Phi) is 5.26. The Morgan fingerprint density at radius 1 is 1.13 bits per heavy atom. The molecule has 6 heteroatoms. The Hall–Kier alpha value is -2.08. The molecule has 0 aromatic heterocycles. The van der Waals surface area contributed by atoms with E-state index in [9.17, 15) is 14.7 Å². The average Bonchev–Trinajstić information content (AvgIpc) is 2.47. The van der Waals surface area contributed by atoms with E-state index in [0.717, 1.165) is 12.8 Å². The molecule has 1 unspecified atom stereocenters. The zero-order chi connectivity index (χ0) is 17.0. The molecule has 1 aliphatic rings. The molecule has 0 saturated carbocycles. The summed E-state index contributed by atoms with van der Waals surface area (Å²) in [5.74, 6) is -0.980. The molecule has 1 atom stereocenters. The third-order valence-corrected chi connectivity index (χ3v) is 3.57. The maximum absolute atomic E-state index is 12.5. The second-order valence-corrected chi connectivity index (χ2v) is 6.63. The van der Waals surface area contributed by atoms with Crippen molar-refractivity contribution in [3.05, 3.63) is 35.9 Å². The monoisotopic (exact) mass is 320 g/mol. The summed E-state index contributed by atoms with van der Waals surface area (Å²) in [5.41, 5.74) is 0.0292. The minimum atomic E-state index is -0.980. The maximum Gasteiger partial charge on any atom is 0.425 e. The first-order valence-electron chi connectivity index (χ1n) is 7.84. The molecule has 1 aromatic carbocycles. The van der Waals surface area contributed by atoms with Crippen molar-refractivity contribution in [2.24, 2.45) is 0 Å². The first kappa shape index (κ1) is 17.3. The number of carboxylic acids is 1. The van der Waals surface area contributed by atoms with Crippen molar-refractivity contribution < 1.29 is 19.4 Å². The number of amides is 1. The number of carboxylic acid groups (broad SMARTS) is 1. The van der Waals surface area contributed by atoms with E-state index in [1.165, 1.54) is 5.01 Å². The fourth-order valence-corrected chi connectivity index (χ4v) is 2.64. The van der Waals surface area contributed by atoms with Crippen molar-refractivity contribution in [1.29, 1.82) is 0 Å². The highest BCUT2D eigenvalue weighted by Crippen LogP contribution is 2.27. The van der Waals surface area contributed by atoms with E-state index >= 15 is 0 Å². The summed E-state index contributed by atoms with van der Waals surface area (Å²) in [7, 11) is 0. The van der Waals surface area contributed by atoms with Gasteiger partial charge in [-0.1, -0.05) is 30.3 Å². The fourth-order valence-electron chi connectivity index (χ4n) is 2.64. The van der Waals surface area contributed by atoms with E-state index in [4.69, 9.17) is 4.74 Å². The van der Waals surface area contributed by atoms with Crippen LogP contribution in [-0.2, 0) is 9.53 Å². The van der Waals surface area contributed by atoms with Crippen LogP contribution in [-0.4, -0.2) is 45.9 Å². The van der Waals surface area contributed by atoms with Crippen LogP contribution in [0.15, 0.2) is 30.3 Å². The average molecular weight is 320 g/mol. The third-order valence-electron chi connectivity index (χ3n) is 3.57. The lowest BCUT2D eigenvalue weighted by Crippen LogP contribution is -2.54. The summed E-state index contributed by atoms with van der Waals surface area (Å²) in [4.78, 5) is 24.3. The van der Waals surface area contributed by atoms with Crippen LogP contribution in [0.5, 0.6) is 0 Å². The molecule has 1 heterocycles. The molecule has 1 aliphatic heterocycles. The Labute approximate surface area is 136 Å². The summed E-state index contributed by atoms with van der Waals surface area (Å²) in [5, 5.41) is 12.7. The van der Waals surface area contributed by atoms with Gasteiger partial charge in [-0.25, -0.2) is 9.80 Å². The molecule has 0 aliphatic carbocycles. The van der Waals surface area contributed by atoms with Crippen LogP contribution < -0.4 is 0 Å². The number of nitrogens with zero attached hydrogens (tertiary/aromatic N) is 2. The molecule has 6 nitrogen and oxygen atoms in total. The molecule has 0 radical (unpaired) electrons. The van der Waals surface area contributed by atoms with E-state index in [-0.39, 0.29) is 0 Å². The molecule has 1 aromatic rings. The van der Waals surface area contributed by atoms with Crippen LogP contribution >= 0.6 is 0 Å². The highest BCUT2D eigenvalue weighted by molar-refractivity contribution is 5.76. The van der Waals surface area contributed by atoms with Crippen LogP contribution in [0.4, 0.5) is 4.79 Å². The normalized spacial score (nSPS) is 17.6. The van der Waals surface area contributed by atoms with Crippen molar-refractivity contribution in [3.63, 3.8) is 0 Å². The number of carbonyl (C=O) groups excluding carboxylic acids is 1. The Balaban J connectivity index is 2.28. The van der Waals surface area contributed by atoms with Gasteiger partial charge in [0.2, 0.25) is 0 Å². The second kappa shape index (κ2) is 7.00. The molecule has 0 spiro atoms. The van der Waals surface area contributed by atoms with Gasteiger partial charge in [-0.3, -0.25) is 4.79 Å². The number of aliphatic carboxylic acids is 1. The topological polar surface area (TPSA) is 70.1 Å². The first-order valence-corrected chi connectivity index (χ1v) is 7.84. The van der Waals surface area contributed by atoms with Gasteiger partial charge in [-0.15, -0.1) is 0 Å². The van der Waals surface area contributed by atoms with Crippen LogP contribution in [0.1, 0.15) is 45.2 Å². The van der Waals surface area contributed by atoms with Crippen LogP contribution in [0.25, 0.3) is 0 Å². The van der Waals surface area contributed by atoms with Gasteiger partial charge in [0.05, 0.1) is 0 Å². The molecule has 1 N–H and O–H groups in total. The largest absolute Gasteiger partial charge is 0.480 e. The van der Waals surface area contributed by atoms with Gasteiger partial charge in [-0.05, 0) is 39.2 Å². The molecule has 126 valence electrons. The molecular weight excluding hydrogens is 296 g/mol. The summed E-state index contributed by atoms with van der Waals surface area (Å²) in [6.07, 6.45) is 1.17.